The number of nitrogens with zero attached hydrogens (tertiary/aromatic N) is 2. The zero-order valence-corrected chi connectivity index (χ0v) is 14.1. The second-order valence-electron chi connectivity index (χ2n) is 5.78. The molecule has 2 atom stereocenters. The van der Waals surface area contributed by atoms with Crippen molar-refractivity contribution >= 4 is 17.7 Å². The van der Waals surface area contributed by atoms with Gasteiger partial charge in [-0.1, -0.05) is 12.1 Å². The molecular weight excluding hydrogens is 308 g/mol. The summed E-state index contributed by atoms with van der Waals surface area (Å²) in [5, 5.41) is 6.50. The van der Waals surface area contributed by atoms with Gasteiger partial charge < -0.3 is 15.2 Å². The van der Waals surface area contributed by atoms with Gasteiger partial charge in [-0.2, -0.15) is 11.8 Å². The van der Waals surface area contributed by atoms with Gasteiger partial charge in [-0.25, -0.2) is 4.98 Å². The van der Waals surface area contributed by atoms with Crippen LogP contribution >= 0.6 is 11.8 Å². The third-order valence-corrected chi connectivity index (χ3v) is 5.11. The van der Waals surface area contributed by atoms with E-state index in [2.05, 4.69) is 21.7 Å². The Morgan fingerprint density at radius 2 is 2.48 bits per heavy atom. The van der Waals surface area contributed by atoms with Gasteiger partial charge in [0.15, 0.2) is 0 Å². The highest BCUT2D eigenvalue weighted by atomic mass is 32.2. The van der Waals surface area contributed by atoms with Gasteiger partial charge in [0.25, 0.3) is 0 Å². The Kier molecular flexibility index (Phi) is 5.35. The van der Waals surface area contributed by atoms with Crippen LogP contribution in [0.2, 0.25) is 0 Å². The maximum absolute atomic E-state index is 12.2. The van der Waals surface area contributed by atoms with Gasteiger partial charge in [-0.05, 0) is 24.6 Å². The number of nitrogens with one attached hydrogen (secondary N) is 2. The van der Waals surface area contributed by atoms with Gasteiger partial charge in [0.1, 0.15) is 0 Å². The number of aromatic nitrogens is 2. The Balaban J connectivity index is 1.60. The van der Waals surface area contributed by atoms with E-state index in [9.17, 15) is 4.79 Å². The topological polar surface area (TPSA) is 59.0 Å². The minimum absolute atomic E-state index is 0.0118. The molecular formula is C17H22N4OS. The second-order valence-corrected chi connectivity index (χ2v) is 6.93. The Morgan fingerprint density at radius 1 is 1.57 bits per heavy atom. The first-order valence-electron chi connectivity index (χ1n) is 7.91. The quantitative estimate of drug-likeness (QED) is 0.882. The minimum Gasteiger partial charge on any atom is -0.350 e. The molecule has 0 aliphatic carbocycles. The van der Waals surface area contributed by atoms with Gasteiger partial charge in [-0.3, -0.25) is 4.79 Å². The maximum atomic E-state index is 12.2. The lowest BCUT2D eigenvalue weighted by molar-refractivity contribution is -0.122. The Hall–Kier alpha value is -1.79. The fraction of sp³-hybridized carbons (Fsp3) is 0.412. The van der Waals surface area contributed by atoms with Crippen molar-refractivity contribution in [2.45, 2.75) is 25.4 Å². The van der Waals surface area contributed by atoms with Crippen molar-refractivity contribution in [1.29, 1.82) is 0 Å². The number of imidazole rings is 1. The molecule has 23 heavy (non-hydrogen) atoms. The first kappa shape index (κ1) is 16.1. The highest BCUT2D eigenvalue weighted by Gasteiger charge is 2.18. The van der Waals surface area contributed by atoms with Crippen molar-refractivity contribution in [1.82, 2.24) is 20.2 Å². The highest BCUT2D eigenvalue weighted by molar-refractivity contribution is 7.99. The summed E-state index contributed by atoms with van der Waals surface area (Å²) < 4.78 is 1.96. The molecule has 0 radical (unpaired) electrons. The largest absolute Gasteiger partial charge is 0.350 e. The van der Waals surface area contributed by atoms with Crippen molar-refractivity contribution in [3.8, 4) is 5.69 Å². The molecule has 1 aliphatic heterocycles. The second kappa shape index (κ2) is 7.66. The molecule has 1 saturated heterocycles. The van der Waals surface area contributed by atoms with Gasteiger partial charge >= 0.3 is 0 Å². The lowest BCUT2D eigenvalue weighted by Crippen LogP contribution is -2.41. The smallest absolute Gasteiger partial charge is 0.222 e. The molecule has 5 nitrogen and oxygen atoms in total. The maximum Gasteiger partial charge on any atom is 0.222 e. The van der Waals surface area contributed by atoms with E-state index in [1.54, 1.807) is 12.5 Å². The zero-order chi connectivity index (χ0) is 16.1. The van der Waals surface area contributed by atoms with Crippen LogP contribution in [-0.2, 0) is 4.79 Å². The average Bonchev–Trinajstić information content (AvgIpc) is 3.10. The summed E-state index contributed by atoms with van der Waals surface area (Å²) in [7, 11) is 0. The standard InChI is InChI=1S/C17H22N4OS/c1-13(20-17(22)10-15-11-23-8-6-19-15)14-3-2-4-16(9-14)21-7-5-18-12-21/h2-5,7,9,12-13,15,19H,6,8,10-11H2,1H3,(H,20,22). The number of thioether (sulfide) groups is 1. The lowest BCUT2D eigenvalue weighted by atomic mass is 10.1. The summed E-state index contributed by atoms with van der Waals surface area (Å²) in [6.45, 7) is 3.01. The zero-order valence-electron chi connectivity index (χ0n) is 13.2. The van der Waals surface area contributed by atoms with E-state index in [-0.39, 0.29) is 11.9 Å². The number of hydrogen-bond acceptors (Lipinski definition) is 4. The van der Waals surface area contributed by atoms with Crippen LogP contribution in [0.25, 0.3) is 5.69 Å². The van der Waals surface area contributed by atoms with Crippen LogP contribution in [0.1, 0.15) is 24.9 Å². The Bertz CT molecular complexity index is 638. The Labute approximate surface area is 140 Å². The fourth-order valence-electron chi connectivity index (χ4n) is 2.72. The van der Waals surface area contributed by atoms with Gasteiger partial charge in [0, 0.05) is 48.6 Å². The van der Waals surface area contributed by atoms with E-state index in [0.717, 1.165) is 29.3 Å². The van der Waals surface area contributed by atoms with Crippen molar-refractivity contribution in [3.63, 3.8) is 0 Å². The van der Waals surface area contributed by atoms with Gasteiger partial charge in [0.05, 0.1) is 12.4 Å². The van der Waals surface area contributed by atoms with Crippen molar-refractivity contribution in [2.75, 3.05) is 18.1 Å². The molecule has 1 aromatic carbocycles. The Morgan fingerprint density at radius 3 is 3.22 bits per heavy atom. The van der Waals surface area contributed by atoms with E-state index < -0.39 is 0 Å². The first-order valence-corrected chi connectivity index (χ1v) is 9.06. The van der Waals surface area contributed by atoms with E-state index in [4.69, 9.17) is 0 Å². The molecule has 1 aliphatic rings. The van der Waals surface area contributed by atoms with Crippen molar-refractivity contribution in [2.24, 2.45) is 0 Å². The van der Waals surface area contributed by atoms with Crippen LogP contribution in [0.5, 0.6) is 0 Å². The summed E-state index contributed by atoms with van der Waals surface area (Å²) in [6, 6.07) is 8.44. The SMILES string of the molecule is CC(NC(=O)CC1CSCCN1)c1cccc(-n2ccnc2)c1. The molecule has 1 fully saturated rings. The number of benzene rings is 1. The van der Waals surface area contributed by atoms with Crippen molar-refractivity contribution in [3.05, 3.63) is 48.5 Å². The third-order valence-electron chi connectivity index (χ3n) is 3.98. The molecule has 2 heterocycles. The van der Waals surface area contributed by atoms with Crippen LogP contribution in [-0.4, -0.2) is 39.6 Å². The molecule has 0 bridgehead atoms. The molecule has 2 aromatic rings. The number of rotatable bonds is 5. The number of hydrogen-bond donors (Lipinski definition) is 2. The summed E-state index contributed by atoms with van der Waals surface area (Å²) in [6.07, 6.45) is 5.98. The molecule has 2 N–H and O–H groups in total. The fourth-order valence-corrected chi connectivity index (χ4v) is 3.67. The molecule has 0 spiro atoms. The minimum atomic E-state index is -0.0118. The summed E-state index contributed by atoms with van der Waals surface area (Å²) in [5.74, 6) is 2.25. The monoisotopic (exact) mass is 330 g/mol. The third kappa shape index (κ3) is 4.36. The molecule has 6 heteroatoms. The van der Waals surface area contributed by atoms with Crippen LogP contribution in [0.3, 0.4) is 0 Å². The summed E-state index contributed by atoms with van der Waals surface area (Å²) in [5.41, 5.74) is 2.14. The predicted octanol–water partition coefficient (Wildman–Crippen LogP) is 2.14. The molecule has 1 amide bonds. The summed E-state index contributed by atoms with van der Waals surface area (Å²) in [4.78, 5) is 16.3. The van der Waals surface area contributed by atoms with E-state index in [0.29, 0.717) is 12.5 Å². The van der Waals surface area contributed by atoms with E-state index >= 15 is 0 Å². The predicted molar refractivity (Wildman–Crippen MR) is 93.9 cm³/mol. The van der Waals surface area contributed by atoms with Gasteiger partial charge in [-0.15, -0.1) is 0 Å². The van der Waals surface area contributed by atoms with Crippen molar-refractivity contribution < 1.29 is 4.79 Å². The normalized spacial score (nSPS) is 19.3. The van der Waals surface area contributed by atoms with Crippen LogP contribution in [0.15, 0.2) is 43.0 Å². The molecule has 0 saturated carbocycles. The molecule has 1 aromatic heterocycles. The van der Waals surface area contributed by atoms with Gasteiger partial charge in [0.2, 0.25) is 5.91 Å². The van der Waals surface area contributed by atoms with E-state index in [1.807, 2.05) is 47.6 Å². The van der Waals surface area contributed by atoms with Crippen LogP contribution < -0.4 is 10.6 Å². The number of amides is 1. The lowest BCUT2D eigenvalue weighted by Gasteiger charge is -2.23. The summed E-state index contributed by atoms with van der Waals surface area (Å²) >= 11 is 1.91. The first-order chi connectivity index (χ1) is 11.2. The molecule has 3 rings (SSSR count). The highest BCUT2D eigenvalue weighted by Crippen LogP contribution is 2.17. The average molecular weight is 330 g/mol. The van der Waals surface area contributed by atoms with Crippen LogP contribution in [0, 0.1) is 0 Å². The molecule has 122 valence electrons. The molecule has 2 unspecified atom stereocenters. The van der Waals surface area contributed by atoms with E-state index in [1.165, 1.54) is 0 Å². The number of carbonyl (C=O) groups excluding carboxylic acids is 1. The van der Waals surface area contributed by atoms with Crippen LogP contribution in [0.4, 0.5) is 0 Å². The number of carbonyl (C=O) groups is 1.